The maximum absolute atomic E-state index is 12.4. The van der Waals surface area contributed by atoms with Gasteiger partial charge in [-0.2, -0.15) is 0 Å². The second-order valence-electron chi connectivity index (χ2n) is 7.28. The first-order valence-electron chi connectivity index (χ1n) is 9.36. The average molecular weight is 393 g/mol. The van der Waals surface area contributed by atoms with Crippen LogP contribution < -0.4 is 10.9 Å². The van der Waals surface area contributed by atoms with Crippen molar-refractivity contribution in [2.45, 2.75) is 40.2 Å². The smallest absolute Gasteiger partial charge is 0.338 e. The van der Waals surface area contributed by atoms with E-state index >= 15 is 0 Å². The first-order chi connectivity index (χ1) is 13.7. The molecule has 150 valence electrons. The molecule has 0 aliphatic carbocycles. The highest BCUT2D eigenvalue weighted by molar-refractivity contribution is 5.92. The van der Waals surface area contributed by atoms with E-state index in [1.54, 1.807) is 24.3 Å². The largest absolute Gasteiger partial charge is 0.457 e. The lowest BCUT2D eigenvalue weighted by Gasteiger charge is -2.13. The highest BCUT2D eigenvalue weighted by atomic mass is 16.5. The molecule has 0 unspecified atom stereocenters. The van der Waals surface area contributed by atoms with Gasteiger partial charge in [-0.3, -0.25) is 4.79 Å². The van der Waals surface area contributed by atoms with Crippen LogP contribution in [0.1, 0.15) is 53.7 Å². The molecule has 1 aromatic heterocycles. The van der Waals surface area contributed by atoms with Crippen molar-refractivity contribution in [1.29, 1.82) is 0 Å². The predicted octanol–water partition coefficient (Wildman–Crippen LogP) is 4.54. The van der Waals surface area contributed by atoms with Crippen LogP contribution in [0.25, 0.3) is 11.0 Å². The molecule has 2 aromatic carbocycles. The summed E-state index contributed by atoms with van der Waals surface area (Å²) in [6, 6.07) is 11.6. The summed E-state index contributed by atoms with van der Waals surface area (Å²) in [6.45, 7) is 7.53. The molecule has 6 nitrogen and oxygen atoms in total. The average Bonchev–Trinajstić information content (AvgIpc) is 2.65. The van der Waals surface area contributed by atoms with Crippen LogP contribution in [-0.4, -0.2) is 11.9 Å². The molecule has 0 fully saturated rings. The lowest BCUT2D eigenvalue weighted by molar-refractivity contribution is -0.114. The molecule has 1 heterocycles. The van der Waals surface area contributed by atoms with Crippen LogP contribution in [0.2, 0.25) is 0 Å². The molecule has 0 saturated carbocycles. The highest BCUT2D eigenvalue weighted by Gasteiger charge is 2.14. The van der Waals surface area contributed by atoms with Crippen molar-refractivity contribution in [2.75, 3.05) is 5.32 Å². The fraction of sp³-hybridized carbons (Fsp3) is 0.261. The topological polar surface area (TPSA) is 85.6 Å². The van der Waals surface area contributed by atoms with Gasteiger partial charge in [0.1, 0.15) is 12.2 Å². The van der Waals surface area contributed by atoms with Crippen molar-refractivity contribution in [1.82, 2.24) is 0 Å². The van der Waals surface area contributed by atoms with E-state index in [-0.39, 0.29) is 12.5 Å². The molecule has 3 rings (SSSR count). The minimum atomic E-state index is -0.517. The number of nitrogens with one attached hydrogen (secondary N) is 1. The van der Waals surface area contributed by atoms with Crippen molar-refractivity contribution < 1.29 is 18.7 Å². The number of ether oxygens (including phenoxy) is 1. The van der Waals surface area contributed by atoms with Gasteiger partial charge in [-0.15, -0.1) is 0 Å². The first-order valence-corrected chi connectivity index (χ1v) is 9.36. The summed E-state index contributed by atoms with van der Waals surface area (Å²) in [5, 5.41) is 3.39. The fourth-order valence-electron chi connectivity index (χ4n) is 3.25. The minimum Gasteiger partial charge on any atom is -0.457 e. The van der Waals surface area contributed by atoms with Crippen molar-refractivity contribution in [3.8, 4) is 0 Å². The van der Waals surface area contributed by atoms with Gasteiger partial charge in [0.05, 0.1) is 5.56 Å². The van der Waals surface area contributed by atoms with E-state index < -0.39 is 11.6 Å². The second-order valence-corrected chi connectivity index (χ2v) is 7.28. The van der Waals surface area contributed by atoms with Gasteiger partial charge in [0, 0.05) is 29.6 Å². The van der Waals surface area contributed by atoms with Crippen LogP contribution in [0.4, 0.5) is 5.69 Å². The van der Waals surface area contributed by atoms with Crippen molar-refractivity contribution in [3.63, 3.8) is 0 Å². The second kappa shape index (κ2) is 8.31. The molecule has 0 atom stereocenters. The molecule has 0 bridgehead atoms. The molecule has 0 saturated heterocycles. The quantitative estimate of drug-likeness (QED) is 0.508. The summed E-state index contributed by atoms with van der Waals surface area (Å²) < 4.78 is 10.7. The number of anilines is 1. The van der Waals surface area contributed by atoms with Gasteiger partial charge in [-0.05, 0) is 60.4 Å². The Morgan fingerprint density at radius 3 is 2.41 bits per heavy atom. The number of aryl methyl sites for hydroxylation is 1. The van der Waals surface area contributed by atoms with E-state index in [0.29, 0.717) is 28.3 Å². The van der Waals surface area contributed by atoms with Gasteiger partial charge in [-0.25, -0.2) is 9.59 Å². The summed E-state index contributed by atoms with van der Waals surface area (Å²) in [6.07, 6.45) is 0. The molecular weight excluding hydrogens is 370 g/mol. The molecule has 3 aromatic rings. The third kappa shape index (κ3) is 4.71. The number of rotatable bonds is 5. The Hall–Kier alpha value is -3.41. The van der Waals surface area contributed by atoms with Crippen LogP contribution in [0.3, 0.4) is 0 Å². The molecule has 0 radical (unpaired) electrons. The predicted molar refractivity (Wildman–Crippen MR) is 111 cm³/mol. The summed E-state index contributed by atoms with van der Waals surface area (Å²) in [5.74, 6) is -0.396. The van der Waals surface area contributed by atoms with Gasteiger partial charge in [-0.1, -0.05) is 13.8 Å². The zero-order chi connectivity index (χ0) is 21.1. The number of esters is 1. The van der Waals surface area contributed by atoms with Crippen LogP contribution in [-0.2, 0) is 16.1 Å². The summed E-state index contributed by atoms with van der Waals surface area (Å²) >= 11 is 0. The Kier molecular flexibility index (Phi) is 5.82. The van der Waals surface area contributed by atoms with Gasteiger partial charge in [0.15, 0.2) is 0 Å². The van der Waals surface area contributed by atoms with Crippen LogP contribution >= 0.6 is 0 Å². The number of carbonyl (C=O) groups is 2. The van der Waals surface area contributed by atoms with E-state index in [1.165, 1.54) is 13.0 Å². The maximum Gasteiger partial charge on any atom is 0.338 e. The zero-order valence-electron chi connectivity index (χ0n) is 16.9. The van der Waals surface area contributed by atoms with Crippen molar-refractivity contribution in [3.05, 3.63) is 75.1 Å². The SMILES string of the molecule is CC(=O)Nc1ccc(C(=O)OCc2cc(=O)oc3cc(C)c(C(C)C)cc23)cc1. The van der Waals surface area contributed by atoms with E-state index in [4.69, 9.17) is 9.15 Å². The van der Waals surface area contributed by atoms with E-state index in [0.717, 1.165) is 16.5 Å². The van der Waals surface area contributed by atoms with E-state index in [1.807, 2.05) is 19.1 Å². The summed E-state index contributed by atoms with van der Waals surface area (Å²) in [4.78, 5) is 35.4. The van der Waals surface area contributed by atoms with Crippen molar-refractivity contribution in [2.24, 2.45) is 0 Å². The Labute approximate surface area is 168 Å². The number of carbonyl (C=O) groups excluding carboxylic acids is 2. The third-order valence-corrected chi connectivity index (χ3v) is 4.64. The number of amides is 1. The lowest BCUT2D eigenvalue weighted by Crippen LogP contribution is -2.09. The summed E-state index contributed by atoms with van der Waals surface area (Å²) in [5.41, 5.74) is 3.73. The van der Waals surface area contributed by atoms with Gasteiger partial charge < -0.3 is 14.5 Å². The highest BCUT2D eigenvalue weighted by Crippen LogP contribution is 2.27. The third-order valence-electron chi connectivity index (χ3n) is 4.64. The van der Waals surface area contributed by atoms with E-state index in [2.05, 4.69) is 19.2 Å². The van der Waals surface area contributed by atoms with Crippen molar-refractivity contribution >= 4 is 28.5 Å². The van der Waals surface area contributed by atoms with Gasteiger partial charge >= 0.3 is 11.6 Å². The number of fused-ring (bicyclic) bond motifs is 1. The van der Waals surface area contributed by atoms with Crippen LogP contribution in [0, 0.1) is 6.92 Å². The number of hydrogen-bond acceptors (Lipinski definition) is 5. The first kappa shape index (κ1) is 20.3. The maximum atomic E-state index is 12.4. The molecule has 1 amide bonds. The monoisotopic (exact) mass is 393 g/mol. The Morgan fingerprint density at radius 1 is 1.10 bits per heavy atom. The van der Waals surface area contributed by atoms with E-state index in [9.17, 15) is 14.4 Å². The van der Waals surface area contributed by atoms with Gasteiger partial charge in [0.2, 0.25) is 5.91 Å². The normalized spacial score (nSPS) is 10.9. The zero-order valence-corrected chi connectivity index (χ0v) is 16.9. The molecule has 0 spiro atoms. The molecule has 6 heteroatoms. The lowest BCUT2D eigenvalue weighted by atomic mass is 9.95. The molecule has 29 heavy (non-hydrogen) atoms. The van der Waals surface area contributed by atoms with Gasteiger partial charge in [0.25, 0.3) is 0 Å². The summed E-state index contributed by atoms with van der Waals surface area (Å²) in [7, 11) is 0. The number of hydrogen-bond donors (Lipinski definition) is 1. The van der Waals surface area contributed by atoms with Crippen LogP contribution in [0.15, 0.2) is 51.7 Å². The number of benzene rings is 2. The molecule has 1 N–H and O–H groups in total. The fourth-order valence-corrected chi connectivity index (χ4v) is 3.25. The molecule has 0 aliphatic rings. The Balaban J connectivity index is 1.84. The Morgan fingerprint density at radius 2 is 1.79 bits per heavy atom. The Bertz CT molecular complexity index is 1130. The molecule has 0 aliphatic heterocycles. The standard InChI is InChI=1S/C23H23NO5/c1-13(2)19-11-20-17(10-22(26)29-21(20)9-14(19)3)12-28-23(27)16-5-7-18(8-6-16)24-15(4)25/h5-11,13H,12H2,1-4H3,(H,24,25). The molecular formula is C23H23NO5. The minimum absolute atomic E-state index is 0.0466. The van der Waals surface area contributed by atoms with Crippen LogP contribution in [0.5, 0.6) is 0 Å².